The third kappa shape index (κ3) is 4.49. The number of benzene rings is 12. The number of anilines is 3. The van der Waals surface area contributed by atoms with Crippen LogP contribution < -0.4 is 4.90 Å². The number of aromatic nitrogens is 1. The summed E-state index contributed by atoms with van der Waals surface area (Å²) in [6, 6.07) is 96.8. The van der Waals surface area contributed by atoms with Crippen molar-refractivity contribution in [2.75, 3.05) is 4.90 Å². The summed E-state index contributed by atoms with van der Waals surface area (Å²) in [6.45, 7) is 0. The Morgan fingerprint density at radius 3 is 1.53 bits per heavy atom. The van der Waals surface area contributed by atoms with Gasteiger partial charge < -0.3 is 9.47 Å². The minimum absolute atomic E-state index is 0.487. The molecule has 72 heavy (non-hydrogen) atoms. The number of hydrogen-bond acceptors (Lipinski definition) is 1. The third-order valence-electron chi connectivity index (χ3n) is 17.2. The summed E-state index contributed by atoms with van der Waals surface area (Å²) in [5.74, 6) is 0. The molecule has 4 aliphatic rings. The highest BCUT2D eigenvalue weighted by Gasteiger charge is 2.54. The normalized spacial score (nSPS) is 15.7. The average Bonchev–Trinajstić information content (AvgIpc) is 4.14. The van der Waals surface area contributed by atoms with Crippen LogP contribution in [0.2, 0.25) is 0 Å². The van der Waals surface area contributed by atoms with Crippen molar-refractivity contribution in [2.24, 2.45) is 0 Å². The lowest BCUT2D eigenvalue weighted by atomic mass is 9.65. The van der Waals surface area contributed by atoms with E-state index >= 15 is 0 Å². The van der Waals surface area contributed by atoms with E-state index in [2.05, 4.69) is 264 Å². The van der Waals surface area contributed by atoms with E-state index in [9.17, 15) is 0 Å². The van der Waals surface area contributed by atoms with Crippen LogP contribution in [-0.4, -0.2) is 4.57 Å². The molecule has 2 nitrogen and oxygen atoms in total. The van der Waals surface area contributed by atoms with E-state index in [0.717, 1.165) is 17.1 Å². The standard InChI is InChI=1S/C70H42N2/c1-2-20-45-43(19-1)41-66(51-25-4-3-21-46(45)51)71(65-38-18-34-60-67(65)54-27-8-13-32-58(54)69(60)55-29-10-5-22-47(55)48-23-6-11-30-56(48)69)44-39-40-50-49-24-7-12-31-57(49)70(62(50)42-44)59-33-14-16-37-64(59)72-63-36-15-9-26-52(63)53-28-17-35-61(70)68(53)72/h1-42H. The van der Waals surface area contributed by atoms with E-state index in [1.165, 1.54) is 127 Å². The first kappa shape index (κ1) is 38.6. The van der Waals surface area contributed by atoms with Gasteiger partial charge in [-0.05, 0) is 125 Å². The fourth-order valence-electron chi connectivity index (χ4n) is 14.6. The van der Waals surface area contributed by atoms with Gasteiger partial charge in [-0.1, -0.05) is 218 Å². The summed E-state index contributed by atoms with van der Waals surface area (Å²) in [6.07, 6.45) is 0. The first-order valence-corrected chi connectivity index (χ1v) is 25.3. The van der Waals surface area contributed by atoms with Crippen molar-refractivity contribution in [3.8, 4) is 39.1 Å². The topological polar surface area (TPSA) is 8.17 Å². The Balaban J connectivity index is 1.01. The van der Waals surface area contributed by atoms with Crippen molar-refractivity contribution in [1.29, 1.82) is 0 Å². The van der Waals surface area contributed by atoms with E-state index in [1.807, 2.05) is 0 Å². The quantitative estimate of drug-likeness (QED) is 0.160. The molecule has 0 N–H and O–H groups in total. The number of fused-ring (bicyclic) bond motifs is 25. The highest BCUT2D eigenvalue weighted by Crippen LogP contribution is 2.66. The Hall–Kier alpha value is -9.24. The first-order valence-electron chi connectivity index (χ1n) is 25.3. The molecule has 0 radical (unpaired) electrons. The maximum atomic E-state index is 2.62. The molecule has 0 amide bonds. The van der Waals surface area contributed by atoms with Crippen LogP contribution in [0.15, 0.2) is 255 Å². The van der Waals surface area contributed by atoms with Crippen molar-refractivity contribution in [1.82, 2.24) is 4.57 Å². The molecule has 1 atom stereocenters. The Kier molecular flexibility index (Phi) is 7.37. The number of nitrogens with zero attached hydrogens (tertiary/aromatic N) is 2. The number of hydrogen-bond donors (Lipinski definition) is 0. The van der Waals surface area contributed by atoms with Crippen molar-refractivity contribution in [2.45, 2.75) is 10.8 Å². The van der Waals surface area contributed by atoms with E-state index in [-0.39, 0.29) is 0 Å². The average molecular weight is 911 g/mol. The van der Waals surface area contributed by atoms with Gasteiger partial charge in [0.15, 0.2) is 0 Å². The van der Waals surface area contributed by atoms with Crippen LogP contribution >= 0.6 is 0 Å². The molecule has 2 heterocycles. The maximum absolute atomic E-state index is 2.62. The lowest BCUT2D eigenvalue weighted by Crippen LogP contribution is -2.33. The van der Waals surface area contributed by atoms with Crippen molar-refractivity contribution < 1.29 is 0 Å². The second-order valence-electron chi connectivity index (χ2n) is 20.2. The van der Waals surface area contributed by atoms with Gasteiger partial charge >= 0.3 is 0 Å². The molecule has 0 fully saturated rings. The molecule has 0 bridgehead atoms. The SMILES string of the molecule is c1ccc2c(c1)-c1ccccc1C21c2ccccc2-c2c(N(c3ccc4c(c3)C3(c5ccccc5-4)c4ccccc4-n4c5ccccc5c5cccc3c54)c3cc4ccccc4c4ccccc34)cccc21. The summed E-state index contributed by atoms with van der Waals surface area (Å²) in [7, 11) is 0. The van der Waals surface area contributed by atoms with Crippen LogP contribution in [0.3, 0.4) is 0 Å². The van der Waals surface area contributed by atoms with Gasteiger partial charge in [0, 0.05) is 27.4 Å². The molecule has 1 aliphatic heterocycles. The summed E-state index contributed by atoms with van der Waals surface area (Å²) < 4.78 is 2.54. The van der Waals surface area contributed by atoms with Crippen LogP contribution in [0, 0.1) is 0 Å². The molecule has 3 aliphatic carbocycles. The second-order valence-corrected chi connectivity index (χ2v) is 20.2. The van der Waals surface area contributed by atoms with Crippen LogP contribution in [0.1, 0.15) is 44.5 Å². The van der Waals surface area contributed by atoms with Crippen molar-refractivity contribution >= 4 is 60.4 Å². The lowest BCUT2D eigenvalue weighted by Gasteiger charge is -2.40. The first-order chi connectivity index (χ1) is 35.8. The van der Waals surface area contributed by atoms with Gasteiger partial charge in [0.25, 0.3) is 0 Å². The monoisotopic (exact) mass is 910 g/mol. The Labute approximate surface area is 417 Å². The minimum atomic E-state index is -0.605. The van der Waals surface area contributed by atoms with Gasteiger partial charge in [-0.25, -0.2) is 0 Å². The zero-order valence-electron chi connectivity index (χ0n) is 39.1. The molecule has 1 aromatic heterocycles. The molecule has 17 rings (SSSR count). The fourth-order valence-corrected chi connectivity index (χ4v) is 14.6. The van der Waals surface area contributed by atoms with Crippen LogP contribution in [0.4, 0.5) is 17.1 Å². The van der Waals surface area contributed by atoms with Crippen LogP contribution in [0.25, 0.3) is 82.4 Å². The molecule has 12 aromatic carbocycles. The van der Waals surface area contributed by atoms with Gasteiger partial charge in [-0.15, -0.1) is 0 Å². The Morgan fingerprint density at radius 1 is 0.292 bits per heavy atom. The Bertz CT molecular complexity index is 4500. The predicted molar refractivity (Wildman–Crippen MR) is 298 cm³/mol. The summed E-state index contributed by atoms with van der Waals surface area (Å²) >= 11 is 0. The zero-order chi connectivity index (χ0) is 46.9. The molecule has 2 spiro atoms. The van der Waals surface area contributed by atoms with Crippen molar-refractivity contribution in [3.63, 3.8) is 0 Å². The molecule has 332 valence electrons. The van der Waals surface area contributed by atoms with E-state index in [0.29, 0.717) is 0 Å². The molecular formula is C70H42N2. The van der Waals surface area contributed by atoms with E-state index in [1.54, 1.807) is 0 Å². The number of para-hydroxylation sites is 3. The van der Waals surface area contributed by atoms with Gasteiger partial charge in [0.2, 0.25) is 0 Å². The molecule has 0 saturated heterocycles. The predicted octanol–water partition coefficient (Wildman–Crippen LogP) is 17.6. The summed E-state index contributed by atoms with van der Waals surface area (Å²) in [5.41, 5.74) is 24.4. The molecule has 2 heteroatoms. The minimum Gasteiger partial charge on any atom is -0.309 e. The second kappa shape index (κ2) is 13.8. The lowest BCUT2D eigenvalue weighted by molar-refractivity contribution is 0.748. The summed E-state index contributed by atoms with van der Waals surface area (Å²) in [5, 5.41) is 7.48. The van der Waals surface area contributed by atoms with Gasteiger partial charge in [-0.3, -0.25) is 0 Å². The largest absolute Gasteiger partial charge is 0.309 e. The molecule has 1 unspecified atom stereocenters. The molecule has 13 aromatic rings. The Morgan fingerprint density at radius 2 is 0.792 bits per heavy atom. The number of rotatable bonds is 3. The third-order valence-corrected chi connectivity index (χ3v) is 17.2. The highest BCUT2D eigenvalue weighted by atomic mass is 15.1. The van der Waals surface area contributed by atoms with E-state index < -0.39 is 10.8 Å². The molecular weight excluding hydrogens is 869 g/mol. The van der Waals surface area contributed by atoms with E-state index in [4.69, 9.17) is 0 Å². The summed E-state index contributed by atoms with van der Waals surface area (Å²) in [4.78, 5) is 2.62. The van der Waals surface area contributed by atoms with Crippen molar-refractivity contribution in [3.05, 3.63) is 299 Å². The van der Waals surface area contributed by atoms with Crippen LogP contribution in [0.5, 0.6) is 0 Å². The smallest absolute Gasteiger partial charge is 0.0755 e. The van der Waals surface area contributed by atoms with Gasteiger partial charge in [-0.2, -0.15) is 0 Å². The fraction of sp³-hybridized carbons (Fsp3) is 0.0286. The van der Waals surface area contributed by atoms with Gasteiger partial charge in [0.1, 0.15) is 0 Å². The van der Waals surface area contributed by atoms with Gasteiger partial charge in [0.05, 0.1) is 38.9 Å². The molecule has 0 saturated carbocycles. The maximum Gasteiger partial charge on any atom is 0.0755 e. The zero-order valence-corrected chi connectivity index (χ0v) is 39.1. The highest BCUT2D eigenvalue weighted by molar-refractivity contribution is 6.16. The van der Waals surface area contributed by atoms with Crippen LogP contribution in [-0.2, 0) is 10.8 Å².